The van der Waals surface area contributed by atoms with Gasteiger partial charge in [0.25, 0.3) is 5.91 Å². The molecule has 0 aromatic carbocycles. The Balaban J connectivity index is 0.000000516. The topological polar surface area (TPSA) is 144 Å². The zero-order chi connectivity index (χ0) is 22.6. The molecule has 1 aliphatic rings. The van der Waals surface area contributed by atoms with E-state index in [2.05, 4.69) is 23.9 Å². The van der Waals surface area contributed by atoms with Crippen molar-refractivity contribution in [1.82, 2.24) is 14.6 Å². The van der Waals surface area contributed by atoms with Gasteiger partial charge in [-0.15, -0.1) is 0 Å². The number of carboxylic acids is 1. The molecule has 0 saturated carbocycles. The van der Waals surface area contributed by atoms with Crippen LogP contribution in [0.25, 0.3) is 0 Å². The molecule has 5 N–H and O–H groups in total. The number of hydrogen-bond donors (Lipinski definition) is 4. The van der Waals surface area contributed by atoms with Gasteiger partial charge in [-0.2, -0.15) is 13.2 Å². The number of nitrogens with zero attached hydrogens (tertiary/aromatic N) is 1. The molecule has 1 atom stereocenters. The minimum atomic E-state index is -5.08. The van der Waals surface area contributed by atoms with Crippen molar-refractivity contribution in [3.63, 3.8) is 0 Å². The quantitative estimate of drug-likeness (QED) is 0.531. The lowest BCUT2D eigenvalue weighted by Gasteiger charge is -2.39. The molecular formula is C16H25F3N4O5S. The van der Waals surface area contributed by atoms with Crippen LogP contribution in [-0.4, -0.2) is 55.3 Å². The summed E-state index contributed by atoms with van der Waals surface area (Å²) in [5, 5.41) is 10.5. The second-order valence-electron chi connectivity index (χ2n) is 7.29. The molecule has 0 bridgehead atoms. The van der Waals surface area contributed by atoms with Gasteiger partial charge in [0.2, 0.25) is 10.0 Å². The summed E-state index contributed by atoms with van der Waals surface area (Å²) in [4.78, 5) is 20.2. The number of piperidine rings is 1. The number of primary amides is 1. The van der Waals surface area contributed by atoms with Gasteiger partial charge in [0, 0.05) is 25.8 Å². The summed E-state index contributed by atoms with van der Waals surface area (Å²) in [5.74, 6) is -3.41. The molecule has 2 heterocycles. The predicted molar refractivity (Wildman–Crippen MR) is 97.6 cm³/mol. The van der Waals surface area contributed by atoms with Gasteiger partial charge in [0.15, 0.2) is 0 Å². The Hall–Kier alpha value is -2.12. The number of halogens is 3. The number of aromatic nitrogens is 1. The van der Waals surface area contributed by atoms with Crippen LogP contribution in [0.4, 0.5) is 13.2 Å². The van der Waals surface area contributed by atoms with Gasteiger partial charge >= 0.3 is 12.1 Å². The third kappa shape index (κ3) is 7.01. The van der Waals surface area contributed by atoms with Crippen LogP contribution in [0.2, 0.25) is 0 Å². The Labute approximate surface area is 166 Å². The van der Waals surface area contributed by atoms with Gasteiger partial charge in [-0.05, 0) is 30.9 Å². The van der Waals surface area contributed by atoms with E-state index in [9.17, 15) is 26.4 Å². The molecule has 0 spiro atoms. The van der Waals surface area contributed by atoms with E-state index < -0.39 is 28.1 Å². The molecule has 1 aliphatic heterocycles. The fraction of sp³-hybridized carbons (Fsp3) is 0.625. The molecule has 29 heavy (non-hydrogen) atoms. The number of carbonyl (C=O) groups is 2. The Bertz CT molecular complexity index is 849. The third-order valence-corrected chi connectivity index (χ3v) is 5.99. The van der Waals surface area contributed by atoms with E-state index in [1.807, 2.05) is 0 Å². The maximum Gasteiger partial charge on any atom is 0.490 e. The molecule has 166 valence electrons. The van der Waals surface area contributed by atoms with Gasteiger partial charge in [0.1, 0.15) is 10.6 Å². The van der Waals surface area contributed by atoms with E-state index in [-0.39, 0.29) is 22.0 Å². The number of rotatable bonds is 5. The number of carbonyl (C=O) groups excluding carboxylic acids is 1. The van der Waals surface area contributed by atoms with Crippen molar-refractivity contribution in [2.24, 2.45) is 18.2 Å². The van der Waals surface area contributed by atoms with Gasteiger partial charge in [0.05, 0.1) is 0 Å². The average Bonchev–Trinajstić information content (AvgIpc) is 2.96. The van der Waals surface area contributed by atoms with Gasteiger partial charge < -0.3 is 20.7 Å². The van der Waals surface area contributed by atoms with E-state index in [4.69, 9.17) is 15.6 Å². The minimum Gasteiger partial charge on any atom is -0.475 e. The number of amides is 1. The highest BCUT2D eigenvalue weighted by atomic mass is 32.2. The summed E-state index contributed by atoms with van der Waals surface area (Å²) in [6.45, 7) is 5.47. The van der Waals surface area contributed by atoms with Crippen molar-refractivity contribution in [3.8, 4) is 0 Å². The van der Waals surface area contributed by atoms with Crippen molar-refractivity contribution < 1.29 is 36.3 Å². The smallest absolute Gasteiger partial charge is 0.475 e. The molecule has 1 aromatic rings. The highest BCUT2D eigenvalue weighted by Crippen LogP contribution is 2.29. The monoisotopic (exact) mass is 442 g/mol. The minimum absolute atomic E-state index is 0.0375. The summed E-state index contributed by atoms with van der Waals surface area (Å²) in [6, 6.07) is 1.37. The fourth-order valence-corrected chi connectivity index (χ4v) is 3.94. The van der Waals surface area contributed by atoms with Crippen LogP contribution < -0.4 is 15.8 Å². The molecule has 9 nitrogen and oxygen atoms in total. The zero-order valence-corrected chi connectivity index (χ0v) is 17.0. The van der Waals surface area contributed by atoms with Crippen LogP contribution in [0.3, 0.4) is 0 Å². The van der Waals surface area contributed by atoms with Crippen molar-refractivity contribution in [2.75, 3.05) is 13.1 Å². The van der Waals surface area contributed by atoms with Crippen LogP contribution in [0, 0.1) is 5.41 Å². The molecule has 1 aromatic heterocycles. The van der Waals surface area contributed by atoms with Crippen LogP contribution in [-0.2, 0) is 21.9 Å². The largest absolute Gasteiger partial charge is 0.490 e. The summed E-state index contributed by atoms with van der Waals surface area (Å²) < 4.78 is 60.5. The first kappa shape index (κ1) is 24.9. The first-order valence-electron chi connectivity index (χ1n) is 8.57. The predicted octanol–water partition coefficient (Wildman–Crippen LogP) is 0.814. The molecular weight excluding hydrogens is 417 g/mol. The number of sulfonamides is 1. The van der Waals surface area contributed by atoms with Crippen molar-refractivity contribution in [3.05, 3.63) is 18.0 Å². The van der Waals surface area contributed by atoms with Crippen molar-refractivity contribution in [2.45, 2.75) is 43.8 Å². The molecule has 0 radical (unpaired) electrons. The number of nitrogens with one attached hydrogen (secondary N) is 2. The second-order valence-corrected chi connectivity index (χ2v) is 9.06. The number of hydrogen-bond acceptors (Lipinski definition) is 5. The lowest BCUT2D eigenvalue weighted by atomic mass is 9.78. The van der Waals surface area contributed by atoms with E-state index in [0.717, 1.165) is 19.4 Å². The maximum absolute atomic E-state index is 12.4. The number of aliphatic carboxylic acids is 1. The fourth-order valence-electron chi connectivity index (χ4n) is 2.82. The Kier molecular flexibility index (Phi) is 7.85. The summed E-state index contributed by atoms with van der Waals surface area (Å²) in [5.41, 5.74) is 5.41. The highest BCUT2D eigenvalue weighted by Gasteiger charge is 2.38. The van der Waals surface area contributed by atoms with E-state index >= 15 is 0 Å². The van der Waals surface area contributed by atoms with Crippen LogP contribution in [0.15, 0.2) is 17.2 Å². The standard InChI is InChI=1S/C14H24N4O3S.C2HF3O2/c1-14(2)5-4-6-16-12(14)8-17-22(20,21)10-7-11(13(15)19)18(3)9-10;3-2(4,5)1(6)7/h7,9,12,16-17H,4-6,8H2,1-3H3,(H2,15,19);(H,6,7). The van der Waals surface area contributed by atoms with E-state index in [0.29, 0.717) is 6.54 Å². The molecule has 2 rings (SSSR count). The second kappa shape index (κ2) is 9.13. The third-order valence-electron chi connectivity index (χ3n) is 4.59. The number of aryl methyl sites for hydroxylation is 1. The summed E-state index contributed by atoms with van der Waals surface area (Å²) in [6.07, 6.45) is -1.54. The van der Waals surface area contributed by atoms with Gasteiger partial charge in [-0.3, -0.25) is 4.79 Å². The average molecular weight is 442 g/mol. The Morgan fingerprint density at radius 1 is 1.41 bits per heavy atom. The first-order chi connectivity index (χ1) is 13.1. The van der Waals surface area contributed by atoms with Crippen molar-refractivity contribution >= 4 is 21.9 Å². The number of carboxylic acid groups (broad SMARTS) is 1. The Morgan fingerprint density at radius 2 is 1.97 bits per heavy atom. The van der Waals surface area contributed by atoms with E-state index in [1.165, 1.54) is 16.8 Å². The van der Waals surface area contributed by atoms with Crippen LogP contribution >= 0.6 is 0 Å². The number of nitrogens with two attached hydrogens (primary N) is 1. The molecule has 1 fully saturated rings. The maximum atomic E-state index is 12.4. The van der Waals surface area contributed by atoms with Gasteiger partial charge in [-0.1, -0.05) is 13.8 Å². The molecule has 1 amide bonds. The van der Waals surface area contributed by atoms with Crippen molar-refractivity contribution in [1.29, 1.82) is 0 Å². The lowest BCUT2D eigenvalue weighted by molar-refractivity contribution is -0.192. The van der Waals surface area contributed by atoms with Gasteiger partial charge in [-0.25, -0.2) is 17.9 Å². The summed E-state index contributed by atoms with van der Waals surface area (Å²) >= 11 is 0. The van der Waals surface area contributed by atoms with Crippen LogP contribution in [0.5, 0.6) is 0 Å². The first-order valence-corrected chi connectivity index (χ1v) is 10.1. The Morgan fingerprint density at radius 3 is 2.38 bits per heavy atom. The number of alkyl halides is 3. The highest BCUT2D eigenvalue weighted by molar-refractivity contribution is 7.89. The van der Waals surface area contributed by atoms with Crippen LogP contribution in [0.1, 0.15) is 37.2 Å². The zero-order valence-electron chi connectivity index (χ0n) is 16.2. The normalized spacial score (nSPS) is 19.2. The molecule has 13 heteroatoms. The van der Waals surface area contributed by atoms with E-state index in [1.54, 1.807) is 7.05 Å². The summed E-state index contributed by atoms with van der Waals surface area (Å²) in [7, 11) is -2.08. The SMILES string of the molecule is Cn1cc(S(=O)(=O)NCC2NCCCC2(C)C)cc1C(N)=O.O=C(O)C(F)(F)F. The lowest BCUT2D eigenvalue weighted by Crippen LogP contribution is -2.52. The molecule has 0 aliphatic carbocycles. The molecule has 1 unspecified atom stereocenters. The molecule has 1 saturated heterocycles.